The zero-order chi connectivity index (χ0) is 50.5. The van der Waals surface area contributed by atoms with Gasteiger partial charge < -0.3 is 64.2 Å². The number of esters is 1. The number of carbonyl (C=O) groups excluding carboxylic acids is 2. The normalized spacial score (nSPS) is 43.1. The van der Waals surface area contributed by atoms with Crippen molar-refractivity contribution in [2.24, 2.45) is 17.8 Å². The molecule has 4 fully saturated rings. The summed E-state index contributed by atoms with van der Waals surface area (Å²) in [5.74, 6) is -2.79. The Morgan fingerprint density at radius 3 is 2.29 bits per heavy atom. The average Bonchev–Trinajstić information content (AvgIpc) is 3.75. The van der Waals surface area contributed by atoms with Crippen LogP contribution in [-0.4, -0.2) is 196 Å². The van der Waals surface area contributed by atoms with Crippen LogP contribution in [0.5, 0.6) is 0 Å². The van der Waals surface area contributed by atoms with Crippen LogP contribution >= 0.6 is 0 Å². The number of amides is 1. The largest absolute Gasteiger partial charge is 0.459 e. The van der Waals surface area contributed by atoms with E-state index in [1.807, 2.05) is 62.9 Å². The van der Waals surface area contributed by atoms with E-state index in [4.69, 9.17) is 28.4 Å². The van der Waals surface area contributed by atoms with Gasteiger partial charge in [-0.2, -0.15) is 0 Å². The molecule has 5 rings (SSSR count). The summed E-state index contributed by atoms with van der Waals surface area (Å²) < 4.78 is 38.2. The minimum Gasteiger partial charge on any atom is -0.459 e. The molecule has 0 aromatic heterocycles. The Labute approximate surface area is 406 Å². The van der Waals surface area contributed by atoms with Crippen LogP contribution in [0.4, 0.5) is 0 Å². The van der Waals surface area contributed by atoms with Crippen molar-refractivity contribution < 1.29 is 63.5 Å². The molecule has 0 aliphatic carbocycles. The summed E-state index contributed by atoms with van der Waals surface area (Å²) in [5, 5.41) is 62.7. The Balaban J connectivity index is 1.42. The van der Waals surface area contributed by atoms with Gasteiger partial charge in [-0.3, -0.25) is 19.4 Å². The summed E-state index contributed by atoms with van der Waals surface area (Å²) in [4.78, 5) is 34.1. The van der Waals surface area contributed by atoms with Gasteiger partial charge in [-0.05, 0) is 113 Å². The summed E-state index contributed by atoms with van der Waals surface area (Å²) in [5.41, 5.74) is -3.36. The van der Waals surface area contributed by atoms with Gasteiger partial charge in [0.15, 0.2) is 12.6 Å². The Hall–Kier alpha value is -2.36. The highest BCUT2D eigenvalue weighted by Gasteiger charge is 2.53. The first kappa shape index (κ1) is 56.6. The maximum atomic E-state index is 14.5. The van der Waals surface area contributed by atoms with Gasteiger partial charge in [0.1, 0.15) is 30.0 Å². The van der Waals surface area contributed by atoms with Crippen molar-refractivity contribution >= 4 is 11.9 Å². The fourth-order valence-corrected chi connectivity index (χ4v) is 11.4. The van der Waals surface area contributed by atoms with E-state index in [0.29, 0.717) is 32.6 Å². The first-order chi connectivity index (χ1) is 31.8. The molecule has 68 heavy (non-hydrogen) atoms. The molecule has 0 saturated carbocycles. The fourth-order valence-electron chi connectivity index (χ4n) is 11.4. The topological polar surface area (TPSA) is 212 Å². The number of benzene rings is 1. The number of carbonyl (C=O) groups is 2. The molecule has 390 valence electrons. The number of aliphatic hydroxyl groups excluding tert-OH is 3. The van der Waals surface area contributed by atoms with Crippen LogP contribution in [0.1, 0.15) is 113 Å². The third kappa shape index (κ3) is 13.4. The van der Waals surface area contributed by atoms with Gasteiger partial charge in [-0.25, -0.2) is 0 Å². The van der Waals surface area contributed by atoms with Crippen molar-refractivity contribution in [1.82, 2.24) is 20.0 Å². The summed E-state index contributed by atoms with van der Waals surface area (Å²) in [6.45, 7) is 20.3. The first-order valence-corrected chi connectivity index (χ1v) is 25.2. The predicted molar refractivity (Wildman–Crippen MR) is 256 cm³/mol. The molecule has 17 nitrogen and oxygen atoms in total. The maximum absolute atomic E-state index is 14.5. The van der Waals surface area contributed by atoms with Crippen LogP contribution in [0.3, 0.4) is 0 Å². The number of nitrogens with one attached hydrogen (secondary N) is 1. The van der Waals surface area contributed by atoms with Crippen molar-refractivity contribution in [1.29, 1.82) is 0 Å². The van der Waals surface area contributed by atoms with Crippen LogP contribution in [-0.2, 0) is 44.6 Å². The molecule has 1 aromatic carbocycles. The maximum Gasteiger partial charge on any atom is 0.311 e. The highest BCUT2D eigenvalue weighted by atomic mass is 16.7. The van der Waals surface area contributed by atoms with Crippen molar-refractivity contribution in [3.63, 3.8) is 0 Å². The summed E-state index contributed by atoms with van der Waals surface area (Å²) in [6.07, 6.45) is -7.35. The van der Waals surface area contributed by atoms with Crippen molar-refractivity contribution in [2.45, 2.75) is 211 Å². The number of rotatable bonds is 13. The lowest BCUT2D eigenvalue weighted by molar-refractivity contribution is -0.318. The lowest BCUT2D eigenvalue weighted by Gasteiger charge is -2.49. The summed E-state index contributed by atoms with van der Waals surface area (Å²) in [6, 6.07) is 8.93. The minimum atomic E-state index is -1.83. The molecule has 0 unspecified atom stereocenters. The van der Waals surface area contributed by atoms with E-state index in [1.54, 1.807) is 41.5 Å². The lowest BCUT2D eigenvalue weighted by Crippen LogP contribution is -2.61. The molecule has 0 radical (unpaired) electrons. The Kier molecular flexibility index (Phi) is 19.9. The highest BCUT2D eigenvalue weighted by molar-refractivity contribution is 5.82. The number of likely N-dealkylation sites (tertiary alicyclic amines) is 1. The third-order valence-corrected chi connectivity index (χ3v) is 15.8. The van der Waals surface area contributed by atoms with Gasteiger partial charge in [-0.15, -0.1) is 0 Å². The molecule has 0 spiro atoms. The van der Waals surface area contributed by atoms with Crippen LogP contribution in [0.25, 0.3) is 0 Å². The van der Waals surface area contributed by atoms with Gasteiger partial charge in [0.25, 0.3) is 0 Å². The molecular weight excluding hydrogens is 877 g/mol. The molecule has 4 aliphatic heterocycles. The molecule has 1 aromatic rings. The third-order valence-electron chi connectivity index (χ3n) is 15.8. The number of hydrogen-bond donors (Lipinski definition) is 6. The number of hydrogen-bond acceptors (Lipinski definition) is 16. The van der Waals surface area contributed by atoms with Crippen molar-refractivity contribution in [3.05, 3.63) is 35.9 Å². The van der Waals surface area contributed by atoms with Gasteiger partial charge in [0.05, 0.1) is 47.6 Å². The van der Waals surface area contributed by atoms with Gasteiger partial charge in [-0.1, -0.05) is 51.1 Å². The molecule has 0 bridgehead atoms. The van der Waals surface area contributed by atoms with Crippen LogP contribution in [0.15, 0.2) is 30.3 Å². The van der Waals surface area contributed by atoms with Crippen molar-refractivity contribution in [2.75, 3.05) is 47.4 Å². The number of cyclic esters (lactones) is 1. The van der Waals surface area contributed by atoms with Gasteiger partial charge >= 0.3 is 5.97 Å². The standard InChI is InChI=1S/C51H88N4O13/c1-14-39-51(10,62)43(57)34(6)54(12)28-30(2)26-49(8,61)45(32(4)42(33(5)47(60)66-39)67-40-27-50(9,63-13)44(58)35(7)65-40)68-48-41(56)38(25-31(3)64-48)53(11)24-22-52-46(59)37-21-18-23-55(37)29-36-19-16-15-17-20-36/h15-17,19-20,30-35,37-45,48,56-58,61-62H,14,18,21-29H2,1-13H3,(H,52,59)/t30-,31-,32+,33-,34-,35+,37+,38+,39-,40+,41-,42+,43-,44+,45-,48+,49-,50-,51-/m1/s1. The second kappa shape index (κ2) is 23.9. The number of aliphatic hydroxyl groups is 5. The molecule has 1 amide bonds. The quantitative estimate of drug-likeness (QED) is 0.157. The number of likely N-dealkylation sites (N-methyl/N-ethyl adjacent to an activating group) is 2. The number of ether oxygens (including phenoxy) is 6. The number of nitrogens with zero attached hydrogens (tertiary/aromatic N) is 3. The van der Waals surface area contributed by atoms with E-state index < -0.39 is 102 Å². The molecule has 6 N–H and O–H groups in total. The second-order valence-electron chi connectivity index (χ2n) is 21.6. The Bertz CT molecular complexity index is 1740. The van der Waals surface area contributed by atoms with Crippen LogP contribution in [0.2, 0.25) is 0 Å². The molecular formula is C51H88N4O13. The zero-order valence-electron chi connectivity index (χ0n) is 43.2. The van der Waals surface area contributed by atoms with E-state index >= 15 is 0 Å². The number of methoxy groups -OCH3 is 1. The van der Waals surface area contributed by atoms with E-state index in [-0.39, 0.29) is 43.2 Å². The molecule has 4 saturated heterocycles. The van der Waals surface area contributed by atoms with Gasteiger partial charge in [0, 0.05) is 57.7 Å². The van der Waals surface area contributed by atoms with Crippen molar-refractivity contribution in [3.8, 4) is 0 Å². The second-order valence-corrected chi connectivity index (χ2v) is 21.6. The van der Waals surface area contributed by atoms with Gasteiger partial charge in [0.2, 0.25) is 5.91 Å². The SMILES string of the molecule is CC[C@H]1OC(=O)[C@H](C)[C@@H](O[C@H]2C[C@@](C)(OC)[C@@H](O)[C@H](C)O2)[C@H](C)[C@@H](O[C@@H]2O[C@H](C)C[C@H](N(C)CCNC(=O)[C@@H]3CCCN3Cc3ccccc3)[C@H]2O)[C@](C)(O)C[C@@H](C)CN(C)[C@H](C)[C@@H](O)[C@]1(C)O. The fraction of sp³-hybridized carbons (Fsp3) is 0.843. The van der Waals surface area contributed by atoms with Crippen LogP contribution < -0.4 is 5.32 Å². The summed E-state index contributed by atoms with van der Waals surface area (Å²) >= 11 is 0. The van der Waals surface area contributed by atoms with Crippen LogP contribution in [0, 0.1) is 17.8 Å². The van der Waals surface area contributed by atoms with E-state index in [1.165, 1.54) is 19.6 Å². The predicted octanol–water partition coefficient (Wildman–Crippen LogP) is 3.05. The first-order valence-electron chi connectivity index (χ1n) is 25.2. The smallest absolute Gasteiger partial charge is 0.311 e. The Morgan fingerprint density at radius 1 is 0.971 bits per heavy atom. The molecule has 17 heteroatoms. The Morgan fingerprint density at radius 2 is 1.65 bits per heavy atom. The summed E-state index contributed by atoms with van der Waals surface area (Å²) in [7, 11) is 5.24. The van der Waals surface area contributed by atoms with E-state index in [9.17, 15) is 35.1 Å². The molecule has 19 atom stereocenters. The molecule has 4 heterocycles. The highest BCUT2D eigenvalue weighted by Crippen LogP contribution is 2.40. The molecule has 4 aliphatic rings. The van der Waals surface area contributed by atoms with E-state index in [2.05, 4.69) is 22.3 Å². The zero-order valence-corrected chi connectivity index (χ0v) is 43.2. The monoisotopic (exact) mass is 965 g/mol. The minimum absolute atomic E-state index is 0.0118. The average molecular weight is 965 g/mol. The van der Waals surface area contributed by atoms with E-state index in [0.717, 1.165) is 19.4 Å². The lowest BCUT2D eigenvalue weighted by atomic mass is 9.77.